The van der Waals surface area contributed by atoms with Gasteiger partial charge in [0.2, 0.25) is 0 Å². The molecule has 0 fully saturated rings. The summed E-state index contributed by atoms with van der Waals surface area (Å²) in [6, 6.07) is 14.1. The number of fused-ring (bicyclic) bond motifs is 1. The van der Waals surface area contributed by atoms with E-state index < -0.39 is 0 Å². The van der Waals surface area contributed by atoms with Crippen LogP contribution in [0.2, 0.25) is 0 Å². The number of likely N-dealkylation sites (N-methyl/N-ethyl adjacent to an activating group) is 1. The number of ether oxygens (including phenoxy) is 2. The number of hydrogen-bond donors (Lipinski definition) is 0. The van der Waals surface area contributed by atoms with Gasteiger partial charge in [-0.25, -0.2) is 0 Å². The molecule has 0 radical (unpaired) electrons. The molecule has 2 aromatic carbocycles. The van der Waals surface area contributed by atoms with Gasteiger partial charge < -0.3 is 14.4 Å². The van der Waals surface area contributed by atoms with Crippen molar-refractivity contribution >= 4 is 22.4 Å². The quantitative estimate of drug-likeness (QED) is 0.735. The maximum absolute atomic E-state index is 12.3. The second kappa shape index (κ2) is 7.76. The zero-order valence-corrected chi connectivity index (χ0v) is 12.5. The lowest BCUT2D eigenvalue weighted by molar-refractivity contribution is -0.123. The number of anilines is 1. The van der Waals surface area contributed by atoms with Crippen LogP contribution in [0.15, 0.2) is 42.5 Å². The van der Waals surface area contributed by atoms with Gasteiger partial charge in [0.05, 0.1) is 18.9 Å². The van der Waals surface area contributed by atoms with Crippen LogP contribution in [-0.4, -0.2) is 39.4 Å². The zero-order chi connectivity index (χ0) is 15.1. The Morgan fingerprint density at radius 2 is 1.86 bits per heavy atom. The van der Waals surface area contributed by atoms with Crippen molar-refractivity contribution in [3.63, 3.8) is 0 Å². The first-order valence-corrected chi connectivity index (χ1v) is 7.12. The molecule has 0 saturated carbocycles. The number of carbonyl (C=O) groups excluding carboxylic acids is 1. The number of benzene rings is 2. The highest BCUT2D eigenvalue weighted by molar-refractivity contribution is 6.04. The first kappa shape index (κ1) is 15.5. The Kier molecular flexibility index (Phi) is 5.72. The van der Waals surface area contributed by atoms with E-state index in [1.165, 1.54) is 0 Å². The van der Waals surface area contributed by atoms with E-state index in [-0.39, 0.29) is 12.5 Å². The summed E-state index contributed by atoms with van der Waals surface area (Å²) < 4.78 is 10.2. The van der Waals surface area contributed by atoms with E-state index in [1.807, 2.05) is 49.4 Å². The van der Waals surface area contributed by atoms with Gasteiger partial charge in [-0.1, -0.05) is 36.4 Å². The Labute approximate surface area is 125 Å². The van der Waals surface area contributed by atoms with Gasteiger partial charge in [-0.15, -0.1) is 0 Å². The van der Waals surface area contributed by atoms with Crippen molar-refractivity contribution < 1.29 is 14.3 Å². The van der Waals surface area contributed by atoms with E-state index in [2.05, 4.69) is 0 Å². The molecule has 0 aliphatic rings. The molecule has 0 bridgehead atoms. The summed E-state index contributed by atoms with van der Waals surface area (Å²) in [5.74, 6) is -0.0371. The highest BCUT2D eigenvalue weighted by atomic mass is 16.5. The normalized spacial score (nSPS) is 10.8. The molecule has 0 aliphatic heterocycles. The fourth-order valence-corrected chi connectivity index (χ4v) is 2.30. The van der Waals surface area contributed by atoms with Crippen LogP contribution in [0.25, 0.3) is 10.8 Å². The Morgan fingerprint density at radius 3 is 2.62 bits per heavy atom. The van der Waals surface area contributed by atoms with Crippen LogP contribution in [0.1, 0.15) is 6.92 Å². The SMILES string of the molecule is CCN(C(=O)COCCOC)c1cccc2ccccc12. The van der Waals surface area contributed by atoms with E-state index >= 15 is 0 Å². The van der Waals surface area contributed by atoms with Gasteiger partial charge in [0.1, 0.15) is 6.61 Å². The summed E-state index contributed by atoms with van der Waals surface area (Å²) >= 11 is 0. The highest BCUT2D eigenvalue weighted by Crippen LogP contribution is 2.26. The molecule has 0 unspecified atom stereocenters. The predicted octanol–water partition coefficient (Wildman–Crippen LogP) is 2.86. The predicted molar refractivity (Wildman–Crippen MR) is 84.7 cm³/mol. The largest absolute Gasteiger partial charge is 0.382 e. The highest BCUT2D eigenvalue weighted by Gasteiger charge is 2.16. The number of methoxy groups -OCH3 is 1. The summed E-state index contributed by atoms with van der Waals surface area (Å²) in [7, 11) is 1.61. The van der Waals surface area contributed by atoms with Crippen molar-refractivity contribution in [1.29, 1.82) is 0 Å². The van der Waals surface area contributed by atoms with Gasteiger partial charge in [-0.3, -0.25) is 4.79 Å². The molecule has 0 aromatic heterocycles. The molecule has 2 aromatic rings. The maximum Gasteiger partial charge on any atom is 0.252 e. The average Bonchev–Trinajstić information content (AvgIpc) is 2.52. The van der Waals surface area contributed by atoms with Crippen LogP contribution in [0.3, 0.4) is 0 Å². The lowest BCUT2D eigenvalue weighted by atomic mass is 10.1. The fraction of sp³-hybridized carbons (Fsp3) is 0.353. The van der Waals surface area contributed by atoms with Crippen molar-refractivity contribution in [3.8, 4) is 0 Å². The van der Waals surface area contributed by atoms with Crippen molar-refractivity contribution in [2.75, 3.05) is 38.4 Å². The standard InChI is InChI=1S/C17H21NO3/c1-3-18(17(19)13-21-12-11-20-2)16-10-6-8-14-7-4-5-9-15(14)16/h4-10H,3,11-13H2,1-2H3. The van der Waals surface area contributed by atoms with Crippen LogP contribution >= 0.6 is 0 Å². The van der Waals surface area contributed by atoms with Gasteiger partial charge in [0.25, 0.3) is 5.91 Å². The molecule has 0 saturated heterocycles. The van der Waals surface area contributed by atoms with Crippen LogP contribution in [0.4, 0.5) is 5.69 Å². The molecule has 2 rings (SSSR count). The fourth-order valence-electron chi connectivity index (χ4n) is 2.30. The van der Waals surface area contributed by atoms with Crippen molar-refractivity contribution in [3.05, 3.63) is 42.5 Å². The zero-order valence-electron chi connectivity index (χ0n) is 12.5. The molecule has 21 heavy (non-hydrogen) atoms. The molecule has 1 amide bonds. The molecule has 112 valence electrons. The molecule has 0 N–H and O–H groups in total. The smallest absolute Gasteiger partial charge is 0.252 e. The van der Waals surface area contributed by atoms with E-state index in [9.17, 15) is 4.79 Å². The molecule has 4 nitrogen and oxygen atoms in total. The topological polar surface area (TPSA) is 38.8 Å². The lowest BCUT2D eigenvalue weighted by Gasteiger charge is -2.22. The summed E-state index contributed by atoms with van der Waals surface area (Å²) in [5, 5.41) is 2.20. The van der Waals surface area contributed by atoms with Crippen LogP contribution in [0.5, 0.6) is 0 Å². The maximum atomic E-state index is 12.3. The Bertz CT molecular complexity index is 592. The van der Waals surface area contributed by atoms with Crippen LogP contribution in [-0.2, 0) is 14.3 Å². The summed E-state index contributed by atoms with van der Waals surface area (Å²) in [5.41, 5.74) is 0.927. The third-order valence-corrected chi connectivity index (χ3v) is 3.33. The summed E-state index contributed by atoms with van der Waals surface area (Å²) in [6.45, 7) is 3.57. The van der Waals surface area contributed by atoms with Crippen molar-refractivity contribution in [2.24, 2.45) is 0 Å². The first-order valence-electron chi connectivity index (χ1n) is 7.12. The molecule has 0 aliphatic carbocycles. The lowest BCUT2D eigenvalue weighted by Crippen LogP contribution is -2.34. The average molecular weight is 287 g/mol. The van der Waals surface area contributed by atoms with Crippen molar-refractivity contribution in [1.82, 2.24) is 0 Å². The minimum Gasteiger partial charge on any atom is -0.382 e. The number of carbonyl (C=O) groups is 1. The number of nitrogens with zero attached hydrogens (tertiary/aromatic N) is 1. The second-order valence-corrected chi connectivity index (χ2v) is 4.68. The van der Waals surface area contributed by atoms with Crippen LogP contribution in [0, 0.1) is 0 Å². The van der Waals surface area contributed by atoms with Gasteiger partial charge in [0, 0.05) is 19.0 Å². The Hall–Kier alpha value is -1.91. The van der Waals surface area contributed by atoms with Gasteiger partial charge in [-0.2, -0.15) is 0 Å². The van der Waals surface area contributed by atoms with Gasteiger partial charge in [0.15, 0.2) is 0 Å². The summed E-state index contributed by atoms with van der Waals surface area (Å²) in [6.07, 6.45) is 0. The molecular formula is C17H21NO3. The third-order valence-electron chi connectivity index (χ3n) is 3.33. The summed E-state index contributed by atoms with van der Waals surface area (Å²) in [4.78, 5) is 14.1. The van der Waals surface area contributed by atoms with E-state index in [1.54, 1.807) is 12.0 Å². The molecular weight excluding hydrogens is 266 g/mol. The Morgan fingerprint density at radius 1 is 1.10 bits per heavy atom. The van der Waals surface area contributed by atoms with Crippen molar-refractivity contribution in [2.45, 2.75) is 6.92 Å². The first-order chi connectivity index (χ1) is 10.3. The third kappa shape index (κ3) is 3.80. The van der Waals surface area contributed by atoms with Gasteiger partial charge in [-0.05, 0) is 18.4 Å². The monoisotopic (exact) mass is 287 g/mol. The molecule has 0 spiro atoms. The minimum absolute atomic E-state index is 0.0371. The van der Waals surface area contributed by atoms with Gasteiger partial charge >= 0.3 is 0 Å². The molecule has 0 heterocycles. The molecule has 0 atom stereocenters. The second-order valence-electron chi connectivity index (χ2n) is 4.68. The van der Waals surface area contributed by atoms with E-state index in [0.29, 0.717) is 19.8 Å². The van der Waals surface area contributed by atoms with Crippen LogP contribution < -0.4 is 4.90 Å². The van der Waals surface area contributed by atoms with E-state index in [4.69, 9.17) is 9.47 Å². The minimum atomic E-state index is -0.0371. The number of rotatable bonds is 7. The Balaban J connectivity index is 2.17. The number of amides is 1. The molecule has 4 heteroatoms. The number of hydrogen-bond acceptors (Lipinski definition) is 3. The van der Waals surface area contributed by atoms with E-state index in [0.717, 1.165) is 16.5 Å².